The number of carbonyl (C=O) groups excluding carboxylic acids is 1. The van der Waals surface area contributed by atoms with Gasteiger partial charge in [-0.3, -0.25) is 9.59 Å². The highest BCUT2D eigenvalue weighted by atomic mass is 79.9. The molecule has 1 aliphatic heterocycles. The maximum absolute atomic E-state index is 12.5. The Kier molecular flexibility index (Phi) is 6.22. The molecule has 0 saturated carbocycles. The first-order valence-electron chi connectivity index (χ1n) is 8.91. The monoisotopic (exact) mass is 452 g/mol. The first-order chi connectivity index (χ1) is 12.8. The predicted molar refractivity (Wildman–Crippen MR) is 112 cm³/mol. The van der Waals surface area contributed by atoms with E-state index in [1.807, 2.05) is 25.1 Å². The number of aromatic nitrogens is 2. The van der Waals surface area contributed by atoms with Crippen LogP contribution < -0.4 is 15.8 Å². The van der Waals surface area contributed by atoms with Crippen LogP contribution in [-0.2, 0) is 11.3 Å². The summed E-state index contributed by atoms with van der Waals surface area (Å²) in [6, 6.07) is 5.52. The summed E-state index contributed by atoms with van der Waals surface area (Å²) in [6.07, 6.45) is 3.71. The van der Waals surface area contributed by atoms with Crippen molar-refractivity contribution in [2.75, 3.05) is 23.3 Å². The molecule has 1 amide bonds. The molecular weight excluding hydrogens is 432 g/mol. The number of hydrogen-bond donors (Lipinski definition) is 1. The summed E-state index contributed by atoms with van der Waals surface area (Å²) in [5.74, 6) is 0.342. The van der Waals surface area contributed by atoms with Crippen LogP contribution in [-0.4, -0.2) is 28.8 Å². The van der Waals surface area contributed by atoms with Gasteiger partial charge in [-0.1, -0.05) is 40.5 Å². The van der Waals surface area contributed by atoms with Crippen LogP contribution in [0.3, 0.4) is 0 Å². The Hall–Kier alpha value is -1.86. The molecule has 0 radical (unpaired) electrons. The maximum atomic E-state index is 12.5. The number of aryl methyl sites for hydroxylation is 1. The van der Waals surface area contributed by atoms with Crippen molar-refractivity contribution < 1.29 is 4.79 Å². The van der Waals surface area contributed by atoms with Crippen LogP contribution in [0.5, 0.6) is 0 Å². The molecule has 3 rings (SSSR count). The van der Waals surface area contributed by atoms with Crippen LogP contribution in [0.4, 0.5) is 11.4 Å². The van der Waals surface area contributed by atoms with Gasteiger partial charge < -0.3 is 10.2 Å². The molecule has 144 valence electrons. The lowest BCUT2D eigenvalue weighted by molar-refractivity contribution is -0.117. The van der Waals surface area contributed by atoms with E-state index in [1.54, 1.807) is 6.20 Å². The van der Waals surface area contributed by atoms with Crippen LogP contribution in [0, 0.1) is 12.8 Å². The van der Waals surface area contributed by atoms with Crippen molar-refractivity contribution in [1.82, 2.24) is 9.78 Å². The molecule has 0 atom stereocenters. The lowest BCUT2D eigenvalue weighted by Gasteiger charge is -2.32. The summed E-state index contributed by atoms with van der Waals surface area (Å²) >= 11 is 9.73. The fourth-order valence-electron chi connectivity index (χ4n) is 3.05. The minimum atomic E-state index is -0.451. The molecule has 2 heterocycles. The average molecular weight is 454 g/mol. The Balaban J connectivity index is 1.71. The number of piperidine rings is 1. The van der Waals surface area contributed by atoms with Crippen molar-refractivity contribution in [3.63, 3.8) is 0 Å². The Labute approximate surface area is 171 Å². The molecule has 1 fully saturated rings. The third-order valence-electron chi connectivity index (χ3n) is 4.84. The van der Waals surface area contributed by atoms with Gasteiger partial charge in [0.15, 0.2) is 0 Å². The van der Waals surface area contributed by atoms with Gasteiger partial charge in [-0.2, -0.15) is 5.10 Å². The molecule has 8 heteroatoms. The number of carbonyl (C=O) groups is 1. The van der Waals surface area contributed by atoms with Crippen LogP contribution in [0.1, 0.15) is 25.3 Å². The predicted octanol–water partition coefficient (Wildman–Crippen LogP) is 3.84. The molecule has 0 bridgehead atoms. The quantitative estimate of drug-likeness (QED) is 0.764. The van der Waals surface area contributed by atoms with E-state index in [-0.39, 0.29) is 17.5 Å². The molecule has 1 N–H and O–H groups in total. The van der Waals surface area contributed by atoms with E-state index in [0.717, 1.165) is 40.6 Å². The van der Waals surface area contributed by atoms with Gasteiger partial charge in [0.25, 0.3) is 5.56 Å². The van der Waals surface area contributed by atoms with E-state index >= 15 is 0 Å². The Bertz CT molecular complexity index is 907. The van der Waals surface area contributed by atoms with E-state index in [0.29, 0.717) is 17.3 Å². The van der Waals surface area contributed by atoms with Crippen molar-refractivity contribution in [3.8, 4) is 0 Å². The Morgan fingerprint density at radius 2 is 2.07 bits per heavy atom. The van der Waals surface area contributed by atoms with Gasteiger partial charge in [0.05, 0.1) is 11.9 Å². The number of anilines is 2. The Morgan fingerprint density at radius 1 is 1.37 bits per heavy atom. The fraction of sp³-hybridized carbons (Fsp3) is 0.421. The number of benzene rings is 1. The van der Waals surface area contributed by atoms with Gasteiger partial charge in [0, 0.05) is 23.2 Å². The van der Waals surface area contributed by atoms with Crippen LogP contribution in [0.15, 0.2) is 33.7 Å². The van der Waals surface area contributed by atoms with Crippen molar-refractivity contribution in [2.24, 2.45) is 5.92 Å². The molecule has 1 saturated heterocycles. The van der Waals surface area contributed by atoms with Gasteiger partial charge in [0.2, 0.25) is 5.91 Å². The zero-order valence-corrected chi connectivity index (χ0v) is 17.7. The number of nitrogens with one attached hydrogen (secondary N) is 1. The highest BCUT2D eigenvalue weighted by molar-refractivity contribution is 9.10. The highest BCUT2D eigenvalue weighted by Gasteiger charge is 2.21. The number of rotatable bonds is 4. The highest BCUT2D eigenvalue weighted by Crippen LogP contribution is 2.26. The number of nitrogens with zero attached hydrogens (tertiary/aromatic N) is 3. The molecular formula is C19H22BrClN4O2. The lowest BCUT2D eigenvalue weighted by atomic mass is 9.99. The van der Waals surface area contributed by atoms with E-state index < -0.39 is 5.56 Å². The van der Waals surface area contributed by atoms with Crippen LogP contribution in [0.2, 0.25) is 5.02 Å². The van der Waals surface area contributed by atoms with Gasteiger partial charge >= 0.3 is 0 Å². The second-order valence-electron chi connectivity index (χ2n) is 6.99. The third kappa shape index (κ3) is 4.71. The third-order valence-corrected chi connectivity index (χ3v) is 6.05. The second-order valence-corrected chi connectivity index (χ2v) is 8.22. The van der Waals surface area contributed by atoms with Gasteiger partial charge in [0.1, 0.15) is 11.6 Å². The standard InChI is InChI=1S/C19H22BrClN4O2/c1-12-5-7-24(8-6-12)16-10-22-25(19(27)18(16)21)11-17(26)23-14-4-3-13(2)15(20)9-14/h3-4,9-10,12H,5-8,11H2,1-2H3,(H,23,26). The lowest BCUT2D eigenvalue weighted by Crippen LogP contribution is -2.36. The zero-order chi connectivity index (χ0) is 19.6. The van der Waals surface area contributed by atoms with Crippen molar-refractivity contribution in [1.29, 1.82) is 0 Å². The first-order valence-corrected chi connectivity index (χ1v) is 10.1. The van der Waals surface area contributed by atoms with Gasteiger partial charge in [-0.25, -0.2) is 4.68 Å². The maximum Gasteiger partial charge on any atom is 0.288 e. The van der Waals surface area contributed by atoms with Crippen molar-refractivity contribution in [3.05, 3.63) is 49.8 Å². The largest absolute Gasteiger partial charge is 0.369 e. The molecule has 0 unspecified atom stereocenters. The van der Waals surface area contributed by atoms with E-state index in [4.69, 9.17) is 11.6 Å². The summed E-state index contributed by atoms with van der Waals surface area (Å²) in [6.45, 7) is 5.71. The van der Waals surface area contributed by atoms with E-state index in [2.05, 4.69) is 38.2 Å². The van der Waals surface area contributed by atoms with Crippen LogP contribution in [0.25, 0.3) is 0 Å². The molecule has 6 nitrogen and oxygen atoms in total. The van der Waals surface area contributed by atoms with E-state index in [9.17, 15) is 9.59 Å². The number of halogens is 2. The molecule has 0 aliphatic carbocycles. The molecule has 1 aromatic heterocycles. The molecule has 1 aromatic carbocycles. The molecule has 1 aliphatic rings. The van der Waals surface area contributed by atoms with E-state index in [1.165, 1.54) is 0 Å². The second kappa shape index (κ2) is 8.44. The van der Waals surface area contributed by atoms with Gasteiger partial charge in [-0.05, 0) is 43.4 Å². The SMILES string of the molecule is Cc1ccc(NC(=O)Cn2ncc(N3CCC(C)CC3)c(Cl)c2=O)cc1Br. The summed E-state index contributed by atoms with van der Waals surface area (Å²) < 4.78 is 2.00. The molecule has 2 aromatic rings. The molecule has 0 spiro atoms. The minimum absolute atomic E-state index is 0.116. The summed E-state index contributed by atoms with van der Waals surface area (Å²) in [4.78, 5) is 26.9. The normalized spacial score (nSPS) is 15.0. The smallest absolute Gasteiger partial charge is 0.288 e. The number of amides is 1. The summed E-state index contributed by atoms with van der Waals surface area (Å²) in [5, 5.41) is 7.04. The first kappa shape index (κ1) is 19.9. The minimum Gasteiger partial charge on any atom is -0.369 e. The summed E-state index contributed by atoms with van der Waals surface area (Å²) in [5.41, 5.74) is 1.91. The van der Waals surface area contributed by atoms with Crippen molar-refractivity contribution >= 4 is 44.8 Å². The number of hydrogen-bond acceptors (Lipinski definition) is 4. The van der Waals surface area contributed by atoms with Crippen LogP contribution >= 0.6 is 27.5 Å². The van der Waals surface area contributed by atoms with Crippen molar-refractivity contribution in [2.45, 2.75) is 33.2 Å². The average Bonchev–Trinajstić information content (AvgIpc) is 2.63. The Morgan fingerprint density at radius 3 is 2.74 bits per heavy atom. The fourth-order valence-corrected chi connectivity index (χ4v) is 3.69. The van der Waals surface area contributed by atoms with Gasteiger partial charge in [-0.15, -0.1) is 0 Å². The topological polar surface area (TPSA) is 67.2 Å². The summed E-state index contributed by atoms with van der Waals surface area (Å²) in [7, 11) is 0. The zero-order valence-electron chi connectivity index (χ0n) is 15.3. The molecule has 27 heavy (non-hydrogen) atoms.